The molecular weight excluding hydrogens is 198 g/mol. The number of nitrogens with two attached hydrogens (primary N) is 1. The van der Waals surface area contributed by atoms with Crippen molar-refractivity contribution in [2.45, 2.75) is 51.4 Å². The molecule has 1 heterocycles. The van der Waals surface area contributed by atoms with Crippen LogP contribution in [0.4, 0.5) is 0 Å². The van der Waals surface area contributed by atoms with Gasteiger partial charge in [-0.25, -0.2) is 0 Å². The lowest BCUT2D eigenvalue weighted by Crippen LogP contribution is -2.26. The molecule has 0 saturated carbocycles. The van der Waals surface area contributed by atoms with Crippen molar-refractivity contribution in [3.05, 3.63) is 35.4 Å². The molecule has 0 amide bonds. The van der Waals surface area contributed by atoms with Gasteiger partial charge in [0, 0.05) is 0 Å². The molecule has 2 heteroatoms. The number of ether oxygens (including phenoxy) is 1. The van der Waals surface area contributed by atoms with Crippen LogP contribution >= 0.6 is 0 Å². The summed E-state index contributed by atoms with van der Waals surface area (Å²) < 4.78 is 5.83. The van der Waals surface area contributed by atoms with E-state index in [2.05, 4.69) is 38.1 Å². The Kier molecular flexibility index (Phi) is 3.62. The first-order valence-corrected chi connectivity index (χ1v) is 6.20. The molecule has 0 bridgehead atoms. The van der Waals surface area contributed by atoms with Crippen molar-refractivity contribution in [3.63, 3.8) is 0 Å². The van der Waals surface area contributed by atoms with Crippen LogP contribution in [-0.4, -0.2) is 12.2 Å². The summed E-state index contributed by atoms with van der Waals surface area (Å²) in [5, 5.41) is 0. The maximum atomic E-state index is 6.26. The van der Waals surface area contributed by atoms with Gasteiger partial charge in [0.2, 0.25) is 0 Å². The Bertz CT molecular complexity index is 350. The van der Waals surface area contributed by atoms with E-state index in [0.717, 1.165) is 19.3 Å². The van der Waals surface area contributed by atoms with E-state index in [1.807, 2.05) is 0 Å². The first-order chi connectivity index (χ1) is 7.70. The summed E-state index contributed by atoms with van der Waals surface area (Å²) >= 11 is 0. The smallest absolute Gasteiger partial charge is 0.0772 e. The van der Waals surface area contributed by atoms with Crippen LogP contribution in [0.3, 0.4) is 0 Å². The average molecular weight is 219 g/mol. The summed E-state index contributed by atoms with van der Waals surface area (Å²) in [7, 11) is 0. The molecule has 2 nitrogen and oxygen atoms in total. The predicted octanol–water partition coefficient (Wildman–Crippen LogP) is 2.82. The average Bonchev–Trinajstić information content (AvgIpc) is 2.75. The Labute approximate surface area is 97.8 Å². The zero-order valence-electron chi connectivity index (χ0n) is 10.1. The van der Waals surface area contributed by atoms with Gasteiger partial charge in [0.05, 0.1) is 18.2 Å². The van der Waals surface area contributed by atoms with E-state index in [-0.39, 0.29) is 12.1 Å². The van der Waals surface area contributed by atoms with E-state index in [9.17, 15) is 0 Å². The number of hydrogen-bond acceptors (Lipinski definition) is 2. The van der Waals surface area contributed by atoms with Crippen LogP contribution in [0.1, 0.15) is 43.9 Å². The molecule has 1 saturated heterocycles. The van der Waals surface area contributed by atoms with Gasteiger partial charge in [-0.15, -0.1) is 0 Å². The van der Waals surface area contributed by atoms with Crippen LogP contribution < -0.4 is 5.73 Å². The van der Waals surface area contributed by atoms with Crippen molar-refractivity contribution in [3.8, 4) is 0 Å². The lowest BCUT2D eigenvalue weighted by molar-refractivity contribution is 0.0401. The monoisotopic (exact) mass is 219 g/mol. The van der Waals surface area contributed by atoms with Crippen molar-refractivity contribution < 1.29 is 4.74 Å². The SMILES string of the molecule is CCc1cccc(C(N)C2CCC(C)O2)c1. The molecule has 3 unspecified atom stereocenters. The fourth-order valence-electron chi connectivity index (χ4n) is 2.33. The lowest BCUT2D eigenvalue weighted by atomic mass is 9.98. The van der Waals surface area contributed by atoms with Gasteiger partial charge in [-0.05, 0) is 37.3 Å². The second kappa shape index (κ2) is 4.98. The molecule has 0 aromatic heterocycles. The number of benzene rings is 1. The first kappa shape index (κ1) is 11.6. The minimum atomic E-state index is 0.0245. The molecule has 1 aliphatic rings. The highest BCUT2D eigenvalue weighted by Gasteiger charge is 2.28. The summed E-state index contributed by atoms with van der Waals surface area (Å²) in [6.45, 7) is 4.29. The van der Waals surface area contributed by atoms with Crippen LogP contribution in [0, 0.1) is 0 Å². The van der Waals surface area contributed by atoms with Gasteiger partial charge in [-0.3, -0.25) is 0 Å². The van der Waals surface area contributed by atoms with Crippen molar-refractivity contribution in [1.29, 1.82) is 0 Å². The van der Waals surface area contributed by atoms with Crippen molar-refractivity contribution in [2.75, 3.05) is 0 Å². The van der Waals surface area contributed by atoms with Crippen LogP contribution in [0.15, 0.2) is 24.3 Å². The van der Waals surface area contributed by atoms with E-state index in [0.29, 0.717) is 6.10 Å². The van der Waals surface area contributed by atoms with Gasteiger partial charge >= 0.3 is 0 Å². The molecule has 1 fully saturated rings. The van der Waals surface area contributed by atoms with E-state index < -0.39 is 0 Å². The highest BCUT2D eigenvalue weighted by atomic mass is 16.5. The highest BCUT2D eigenvalue weighted by Crippen LogP contribution is 2.28. The Morgan fingerprint density at radius 3 is 2.88 bits per heavy atom. The summed E-state index contributed by atoms with van der Waals surface area (Å²) in [6.07, 6.45) is 3.83. The van der Waals surface area contributed by atoms with E-state index in [1.54, 1.807) is 0 Å². The summed E-state index contributed by atoms with van der Waals surface area (Å²) in [5.41, 5.74) is 8.81. The largest absolute Gasteiger partial charge is 0.373 e. The van der Waals surface area contributed by atoms with E-state index >= 15 is 0 Å². The molecule has 0 spiro atoms. The van der Waals surface area contributed by atoms with Crippen molar-refractivity contribution >= 4 is 0 Å². The molecular formula is C14H21NO. The van der Waals surface area contributed by atoms with Crippen molar-refractivity contribution in [1.82, 2.24) is 0 Å². The second-order valence-corrected chi connectivity index (χ2v) is 4.69. The molecule has 3 atom stereocenters. The van der Waals surface area contributed by atoms with Crippen LogP contribution in [0.25, 0.3) is 0 Å². The van der Waals surface area contributed by atoms with Gasteiger partial charge in [0.15, 0.2) is 0 Å². The Balaban J connectivity index is 2.10. The number of aryl methyl sites for hydroxylation is 1. The minimum absolute atomic E-state index is 0.0245. The third-order valence-electron chi connectivity index (χ3n) is 3.41. The fourth-order valence-corrected chi connectivity index (χ4v) is 2.33. The zero-order chi connectivity index (χ0) is 11.5. The van der Waals surface area contributed by atoms with E-state index in [4.69, 9.17) is 10.5 Å². The molecule has 1 aromatic rings. The topological polar surface area (TPSA) is 35.2 Å². The van der Waals surface area contributed by atoms with Gasteiger partial charge in [-0.1, -0.05) is 31.2 Å². The molecule has 1 aliphatic heterocycles. The quantitative estimate of drug-likeness (QED) is 0.848. The number of rotatable bonds is 3. The van der Waals surface area contributed by atoms with E-state index in [1.165, 1.54) is 11.1 Å². The molecule has 1 aromatic carbocycles. The molecule has 0 aliphatic carbocycles. The third-order valence-corrected chi connectivity index (χ3v) is 3.41. The van der Waals surface area contributed by atoms with Crippen LogP contribution in [0.5, 0.6) is 0 Å². The normalized spacial score (nSPS) is 26.9. The highest BCUT2D eigenvalue weighted by molar-refractivity contribution is 5.26. The fraction of sp³-hybridized carbons (Fsp3) is 0.571. The van der Waals surface area contributed by atoms with Crippen LogP contribution in [0.2, 0.25) is 0 Å². The summed E-state index contributed by atoms with van der Waals surface area (Å²) in [5.74, 6) is 0. The molecule has 2 rings (SSSR count). The summed E-state index contributed by atoms with van der Waals surface area (Å²) in [4.78, 5) is 0. The maximum Gasteiger partial charge on any atom is 0.0772 e. The number of hydrogen-bond donors (Lipinski definition) is 1. The van der Waals surface area contributed by atoms with Gasteiger partial charge in [0.25, 0.3) is 0 Å². The molecule has 0 radical (unpaired) electrons. The zero-order valence-corrected chi connectivity index (χ0v) is 10.1. The Morgan fingerprint density at radius 1 is 1.44 bits per heavy atom. The van der Waals surface area contributed by atoms with Crippen molar-refractivity contribution in [2.24, 2.45) is 5.73 Å². The molecule has 88 valence electrons. The standard InChI is InChI=1S/C14H21NO/c1-3-11-5-4-6-12(9-11)14(15)13-8-7-10(2)16-13/h4-6,9-10,13-14H,3,7-8,15H2,1-2H3. The molecule has 2 N–H and O–H groups in total. The third kappa shape index (κ3) is 2.45. The van der Waals surface area contributed by atoms with Gasteiger partial charge in [0.1, 0.15) is 0 Å². The maximum absolute atomic E-state index is 6.26. The van der Waals surface area contributed by atoms with Crippen LogP contribution in [-0.2, 0) is 11.2 Å². The summed E-state index contributed by atoms with van der Waals surface area (Å²) in [6, 6.07) is 8.57. The minimum Gasteiger partial charge on any atom is -0.373 e. The van der Waals surface area contributed by atoms with Gasteiger partial charge in [-0.2, -0.15) is 0 Å². The Morgan fingerprint density at radius 2 is 2.25 bits per heavy atom. The molecule has 16 heavy (non-hydrogen) atoms. The Hall–Kier alpha value is -0.860. The lowest BCUT2D eigenvalue weighted by Gasteiger charge is -2.20. The first-order valence-electron chi connectivity index (χ1n) is 6.20. The van der Waals surface area contributed by atoms with Gasteiger partial charge < -0.3 is 10.5 Å². The predicted molar refractivity (Wildman–Crippen MR) is 66.3 cm³/mol. The second-order valence-electron chi connectivity index (χ2n) is 4.69.